The van der Waals surface area contributed by atoms with Gasteiger partial charge in [0.2, 0.25) is 0 Å². The molecule has 24 heavy (non-hydrogen) atoms. The molecule has 0 aromatic heterocycles. The number of hydrogen-bond acceptors (Lipinski definition) is 1. The van der Waals surface area contributed by atoms with Gasteiger partial charge in [0.1, 0.15) is 11.5 Å². The van der Waals surface area contributed by atoms with Gasteiger partial charge in [0.15, 0.2) is 0 Å². The third-order valence-electron chi connectivity index (χ3n) is 5.30. The number of hydrogen-bond donors (Lipinski definition) is 0. The van der Waals surface area contributed by atoms with Crippen LogP contribution < -0.4 is 4.74 Å². The third kappa shape index (κ3) is 1.45. The highest BCUT2D eigenvalue weighted by Gasteiger charge is 2.28. The smallest absolute Gasteiger partial charge is 0.139 e. The number of fused-ring (bicyclic) bond motifs is 6. The van der Waals surface area contributed by atoms with Crippen LogP contribution >= 0.6 is 0 Å². The SMILES string of the molecule is c1ccc2c(c1)Cc1c-2ccc2c1Oc1cccc3cccc-2c13. The van der Waals surface area contributed by atoms with Crippen molar-refractivity contribution in [2.75, 3.05) is 0 Å². The molecule has 0 saturated carbocycles. The molecule has 1 aliphatic carbocycles. The van der Waals surface area contributed by atoms with Crippen LogP contribution in [0, 0.1) is 0 Å². The van der Waals surface area contributed by atoms with Crippen LogP contribution in [0.3, 0.4) is 0 Å². The zero-order valence-corrected chi connectivity index (χ0v) is 13.0. The van der Waals surface area contributed by atoms with Crippen molar-refractivity contribution in [3.8, 4) is 33.8 Å². The molecule has 0 N–H and O–H groups in total. The van der Waals surface area contributed by atoms with Crippen molar-refractivity contribution in [2.45, 2.75) is 6.42 Å². The predicted molar refractivity (Wildman–Crippen MR) is 97.7 cm³/mol. The second-order valence-corrected chi connectivity index (χ2v) is 6.56. The van der Waals surface area contributed by atoms with Gasteiger partial charge in [-0.2, -0.15) is 0 Å². The van der Waals surface area contributed by atoms with Crippen LogP contribution in [0.15, 0.2) is 72.8 Å². The average Bonchev–Trinajstić information content (AvgIpc) is 3.01. The topological polar surface area (TPSA) is 9.23 Å². The minimum Gasteiger partial charge on any atom is -0.456 e. The van der Waals surface area contributed by atoms with E-state index < -0.39 is 0 Å². The maximum absolute atomic E-state index is 6.42. The van der Waals surface area contributed by atoms with Crippen LogP contribution in [0.5, 0.6) is 11.5 Å². The van der Waals surface area contributed by atoms with Gasteiger partial charge in [-0.15, -0.1) is 0 Å². The molecule has 0 saturated heterocycles. The molecular formula is C23H14O. The summed E-state index contributed by atoms with van der Waals surface area (Å²) in [5.41, 5.74) is 7.86. The van der Waals surface area contributed by atoms with Crippen molar-refractivity contribution in [2.24, 2.45) is 0 Å². The largest absolute Gasteiger partial charge is 0.456 e. The van der Waals surface area contributed by atoms with E-state index >= 15 is 0 Å². The van der Waals surface area contributed by atoms with E-state index in [0.29, 0.717) is 0 Å². The van der Waals surface area contributed by atoms with Crippen LogP contribution in [0.2, 0.25) is 0 Å². The number of benzene rings is 4. The van der Waals surface area contributed by atoms with Crippen molar-refractivity contribution in [1.29, 1.82) is 0 Å². The Labute approximate surface area is 140 Å². The number of rotatable bonds is 0. The lowest BCUT2D eigenvalue weighted by Crippen LogP contribution is -2.00. The zero-order valence-electron chi connectivity index (χ0n) is 13.0. The van der Waals surface area contributed by atoms with Crippen LogP contribution in [0.4, 0.5) is 0 Å². The first-order valence-corrected chi connectivity index (χ1v) is 8.34. The van der Waals surface area contributed by atoms with E-state index in [-0.39, 0.29) is 0 Å². The van der Waals surface area contributed by atoms with Gasteiger partial charge in [0, 0.05) is 22.9 Å². The van der Waals surface area contributed by atoms with E-state index in [4.69, 9.17) is 4.74 Å². The summed E-state index contributed by atoms with van der Waals surface area (Å²) in [6, 6.07) is 26.0. The Morgan fingerprint density at radius 3 is 2.38 bits per heavy atom. The first kappa shape index (κ1) is 12.4. The Hall–Kier alpha value is -3.06. The highest BCUT2D eigenvalue weighted by molar-refractivity contribution is 6.05. The van der Waals surface area contributed by atoms with Gasteiger partial charge in [-0.05, 0) is 39.8 Å². The molecule has 4 aromatic carbocycles. The van der Waals surface area contributed by atoms with Gasteiger partial charge in [0.25, 0.3) is 0 Å². The number of ether oxygens (including phenoxy) is 1. The zero-order chi connectivity index (χ0) is 15.7. The van der Waals surface area contributed by atoms with Gasteiger partial charge >= 0.3 is 0 Å². The Bertz CT molecular complexity index is 1150. The van der Waals surface area contributed by atoms with Gasteiger partial charge in [-0.3, -0.25) is 0 Å². The average molecular weight is 306 g/mol. The quantitative estimate of drug-likeness (QED) is 0.325. The molecule has 0 radical (unpaired) electrons. The fourth-order valence-electron chi connectivity index (χ4n) is 4.24. The Morgan fingerprint density at radius 1 is 0.625 bits per heavy atom. The molecule has 1 nitrogen and oxygen atoms in total. The highest BCUT2D eigenvalue weighted by atomic mass is 16.5. The Morgan fingerprint density at radius 2 is 1.42 bits per heavy atom. The minimum atomic E-state index is 0.951. The second kappa shape index (κ2) is 4.27. The molecule has 1 aliphatic heterocycles. The maximum Gasteiger partial charge on any atom is 0.139 e. The van der Waals surface area contributed by atoms with Gasteiger partial charge < -0.3 is 4.74 Å². The van der Waals surface area contributed by atoms with Crippen LogP contribution in [0.25, 0.3) is 33.0 Å². The molecule has 1 heterocycles. The summed E-state index contributed by atoms with van der Waals surface area (Å²) in [6.07, 6.45) is 0.951. The van der Waals surface area contributed by atoms with Crippen molar-refractivity contribution in [1.82, 2.24) is 0 Å². The van der Waals surface area contributed by atoms with E-state index in [0.717, 1.165) is 17.9 Å². The summed E-state index contributed by atoms with van der Waals surface area (Å²) < 4.78 is 6.42. The molecule has 0 atom stereocenters. The first-order chi connectivity index (χ1) is 11.9. The fraction of sp³-hybridized carbons (Fsp3) is 0.0435. The molecule has 0 unspecified atom stereocenters. The summed E-state index contributed by atoms with van der Waals surface area (Å²) >= 11 is 0. The summed E-state index contributed by atoms with van der Waals surface area (Å²) in [6.45, 7) is 0. The Balaban J connectivity index is 1.69. The summed E-state index contributed by atoms with van der Waals surface area (Å²) in [7, 11) is 0. The van der Waals surface area contributed by atoms with E-state index in [1.165, 1.54) is 44.2 Å². The van der Waals surface area contributed by atoms with Crippen molar-refractivity contribution in [3.63, 3.8) is 0 Å². The second-order valence-electron chi connectivity index (χ2n) is 6.56. The van der Waals surface area contributed by atoms with Crippen LogP contribution in [-0.2, 0) is 6.42 Å². The molecule has 112 valence electrons. The monoisotopic (exact) mass is 306 g/mol. The lowest BCUT2D eigenvalue weighted by atomic mass is 9.91. The summed E-state index contributed by atoms with van der Waals surface area (Å²) in [5.74, 6) is 2.01. The van der Waals surface area contributed by atoms with Crippen molar-refractivity contribution >= 4 is 10.8 Å². The molecule has 0 fully saturated rings. The van der Waals surface area contributed by atoms with E-state index in [9.17, 15) is 0 Å². The lowest BCUT2D eigenvalue weighted by molar-refractivity contribution is 0.482. The standard InChI is InChI=1S/C23H14O/c1-2-8-16-15(5-1)13-20-17(16)11-12-19-18-9-3-6-14-7-4-10-21(22(14)18)24-23(19)20/h1-12H,13H2. The van der Waals surface area contributed by atoms with Gasteiger partial charge in [-0.1, -0.05) is 60.7 Å². The fourth-order valence-corrected chi connectivity index (χ4v) is 4.24. The normalized spacial score (nSPS) is 13.2. The molecule has 6 rings (SSSR count). The van der Waals surface area contributed by atoms with Crippen molar-refractivity contribution in [3.05, 3.63) is 83.9 Å². The predicted octanol–water partition coefficient (Wildman–Crippen LogP) is 6.18. The summed E-state index contributed by atoms with van der Waals surface area (Å²) in [4.78, 5) is 0. The van der Waals surface area contributed by atoms with E-state index in [1.54, 1.807) is 0 Å². The molecule has 0 spiro atoms. The molecule has 4 aromatic rings. The van der Waals surface area contributed by atoms with Crippen LogP contribution in [-0.4, -0.2) is 0 Å². The van der Waals surface area contributed by atoms with Crippen molar-refractivity contribution < 1.29 is 4.74 Å². The summed E-state index contributed by atoms with van der Waals surface area (Å²) in [5, 5.41) is 2.46. The van der Waals surface area contributed by atoms with Gasteiger partial charge in [-0.25, -0.2) is 0 Å². The third-order valence-corrected chi connectivity index (χ3v) is 5.30. The van der Waals surface area contributed by atoms with E-state index in [2.05, 4.69) is 72.8 Å². The molecule has 0 bridgehead atoms. The Kier molecular flexibility index (Phi) is 2.20. The highest BCUT2D eigenvalue weighted by Crippen LogP contribution is 2.52. The molecule has 0 amide bonds. The lowest BCUT2D eigenvalue weighted by Gasteiger charge is -2.23. The minimum absolute atomic E-state index is 0.951. The molecule has 2 aliphatic rings. The molecule has 1 heteroatoms. The van der Waals surface area contributed by atoms with Gasteiger partial charge in [0.05, 0.1) is 0 Å². The molecular weight excluding hydrogens is 292 g/mol. The maximum atomic E-state index is 6.42. The van der Waals surface area contributed by atoms with E-state index in [1.807, 2.05) is 0 Å². The first-order valence-electron chi connectivity index (χ1n) is 8.34. The van der Waals surface area contributed by atoms with Crippen LogP contribution in [0.1, 0.15) is 11.1 Å².